The molecule has 3 aromatic rings. The Hall–Kier alpha value is -3.42. The number of nitrogens with one attached hydrogen (secondary N) is 1. The molecule has 1 heterocycles. The first-order chi connectivity index (χ1) is 12.4. The van der Waals surface area contributed by atoms with E-state index in [1.807, 2.05) is 30.3 Å². The van der Waals surface area contributed by atoms with Gasteiger partial charge in [-0.05, 0) is 25.1 Å². The number of fused-ring (bicyclic) bond motifs is 1. The van der Waals surface area contributed by atoms with Crippen molar-refractivity contribution in [2.24, 2.45) is 0 Å². The standard InChI is InChI=1S/C18H15FN2O5/c1-11(16-8-12-4-2-3-5-15(12)26-16)20-18(22)10-25-17-9-13(19)6-7-14(17)21(23)24/h2-9,11H,10H2,1H3,(H,20,22)/t11-/m0/s1. The molecule has 0 aliphatic rings. The van der Waals surface area contributed by atoms with E-state index in [0.717, 1.165) is 23.6 Å². The molecule has 1 aromatic heterocycles. The summed E-state index contributed by atoms with van der Waals surface area (Å²) in [6, 6.07) is 11.6. The van der Waals surface area contributed by atoms with Crippen molar-refractivity contribution in [3.8, 4) is 5.75 Å². The van der Waals surface area contributed by atoms with Crippen molar-refractivity contribution < 1.29 is 23.3 Å². The van der Waals surface area contributed by atoms with Gasteiger partial charge in [0.25, 0.3) is 5.91 Å². The van der Waals surface area contributed by atoms with Crippen molar-refractivity contribution in [2.75, 3.05) is 6.61 Å². The summed E-state index contributed by atoms with van der Waals surface area (Å²) in [6.07, 6.45) is 0. The topological polar surface area (TPSA) is 94.6 Å². The van der Waals surface area contributed by atoms with Gasteiger partial charge in [-0.25, -0.2) is 4.39 Å². The van der Waals surface area contributed by atoms with Gasteiger partial charge in [0.2, 0.25) is 5.75 Å². The van der Waals surface area contributed by atoms with E-state index in [1.54, 1.807) is 6.92 Å². The lowest BCUT2D eigenvalue weighted by Gasteiger charge is -2.12. The highest BCUT2D eigenvalue weighted by molar-refractivity contribution is 5.80. The van der Waals surface area contributed by atoms with Gasteiger partial charge < -0.3 is 14.5 Å². The van der Waals surface area contributed by atoms with Crippen LogP contribution in [0, 0.1) is 15.9 Å². The van der Waals surface area contributed by atoms with E-state index >= 15 is 0 Å². The molecular weight excluding hydrogens is 343 g/mol. The van der Waals surface area contributed by atoms with Crippen LogP contribution >= 0.6 is 0 Å². The van der Waals surface area contributed by atoms with E-state index in [2.05, 4.69) is 5.32 Å². The third-order valence-corrected chi connectivity index (χ3v) is 3.73. The number of carbonyl (C=O) groups excluding carboxylic acids is 1. The smallest absolute Gasteiger partial charge is 0.311 e. The van der Waals surface area contributed by atoms with Gasteiger partial charge in [0.05, 0.1) is 11.0 Å². The van der Waals surface area contributed by atoms with E-state index in [-0.39, 0.29) is 5.75 Å². The van der Waals surface area contributed by atoms with Crippen molar-refractivity contribution in [2.45, 2.75) is 13.0 Å². The lowest BCUT2D eigenvalue weighted by atomic mass is 10.2. The van der Waals surface area contributed by atoms with Crippen LogP contribution in [0.3, 0.4) is 0 Å². The Labute approximate surface area is 147 Å². The SMILES string of the molecule is C[C@H](NC(=O)COc1cc(F)ccc1[N+](=O)[O-])c1cc2ccccc2o1. The van der Waals surface area contributed by atoms with Gasteiger partial charge in [0.1, 0.15) is 17.2 Å². The number of hydrogen-bond acceptors (Lipinski definition) is 5. The number of furan rings is 1. The number of benzene rings is 2. The fourth-order valence-corrected chi connectivity index (χ4v) is 2.47. The minimum absolute atomic E-state index is 0.304. The lowest BCUT2D eigenvalue weighted by Crippen LogP contribution is -2.31. The van der Waals surface area contributed by atoms with Crippen molar-refractivity contribution in [3.05, 3.63) is 70.2 Å². The second kappa shape index (κ2) is 7.22. The second-order valence-electron chi connectivity index (χ2n) is 5.63. The van der Waals surface area contributed by atoms with Gasteiger partial charge in [-0.2, -0.15) is 0 Å². The van der Waals surface area contributed by atoms with Crippen LogP contribution in [0.4, 0.5) is 10.1 Å². The molecule has 0 saturated heterocycles. The van der Waals surface area contributed by atoms with E-state index in [1.165, 1.54) is 0 Å². The zero-order valence-corrected chi connectivity index (χ0v) is 13.8. The predicted molar refractivity (Wildman–Crippen MR) is 91.3 cm³/mol. The summed E-state index contributed by atoms with van der Waals surface area (Å²) in [4.78, 5) is 22.3. The van der Waals surface area contributed by atoms with Gasteiger partial charge >= 0.3 is 5.69 Å². The molecule has 3 rings (SSSR count). The molecule has 8 heteroatoms. The van der Waals surface area contributed by atoms with Crippen LogP contribution in [0.25, 0.3) is 11.0 Å². The number of nitrogens with zero attached hydrogens (tertiary/aromatic N) is 1. The Morgan fingerprint density at radius 3 is 2.81 bits per heavy atom. The lowest BCUT2D eigenvalue weighted by molar-refractivity contribution is -0.385. The number of carbonyl (C=O) groups is 1. The van der Waals surface area contributed by atoms with Crippen LogP contribution in [-0.2, 0) is 4.79 Å². The summed E-state index contributed by atoms with van der Waals surface area (Å²) in [5, 5.41) is 14.5. The summed E-state index contributed by atoms with van der Waals surface area (Å²) in [5.74, 6) is -0.948. The predicted octanol–water partition coefficient (Wildman–Crippen LogP) is 3.74. The van der Waals surface area contributed by atoms with Crippen molar-refractivity contribution in [1.82, 2.24) is 5.32 Å². The third kappa shape index (κ3) is 3.80. The first-order valence-corrected chi connectivity index (χ1v) is 7.78. The number of halogens is 1. The van der Waals surface area contributed by atoms with Gasteiger partial charge in [0, 0.05) is 17.5 Å². The summed E-state index contributed by atoms with van der Waals surface area (Å²) in [7, 11) is 0. The molecule has 0 bridgehead atoms. The molecule has 1 N–H and O–H groups in total. The molecule has 0 aliphatic heterocycles. The minimum atomic E-state index is -0.705. The molecule has 0 spiro atoms. The number of para-hydroxylation sites is 1. The summed E-state index contributed by atoms with van der Waals surface area (Å²) < 4.78 is 24.0. The molecule has 0 saturated carbocycles. The quantitative estimate of drug-likeness (QED) is 0.535. The van der Waals surface area contributed by atoms with E-state index in [9.17, 15) is 19.3 Å². The molecule has 26 heavy (non-hydrogen) atoms. The molecule has 134 valence electrons. The fraction of sp³-hybridized carbons (Fsp3) is 0.167. The van der Waals surface area contributed by atoms with Gasteiger partial charge in [-0.15, -0.1) is 0 Å². The first-order valence-electron chi connectivity index (χ1n) is 7.78. The van der Waals surface area contributed by atoms with Gasteiger partial charge in [0.15, 0.2) is 6.61 Å². The van der Waals surface area contributed by atoms with E-state index in [4.69, 9.17) is 9.15 Å². The minimum Gasteiger partial charge on any atom is -0.477 e. The molecular formula is C18H15FN2O5. The monoisotopic (exact) mass is 358 g/mol. The third-order valence-electron chi connectivity index (χ3n) is 3.73. The average Bonchev–Trinajstić information content (AvgIpc) is 3.04. The van der Waals surface area contributed by atoms with E-state index < -0.39 is 35.0 Å². The van der Waals surface area contributed by atoms with Crippen molar-refractivity contribution >= 4 is 22.6 Å². The van der Waals surface area contributed by atoms with Crippen molar-refractivity contribution in [3.63, 3.8) is 0 Å². The Bertz CT molecular complexity index is 936. The summed E-state index contributed by atoms with van der Waals surface area (Å²) in [6.45, 7) is 1.25. The molecule has 1 atom stereocenters. The molecule has 0 fully saturated rings. The summed E-state index contributed by atoms with van der Waals surface area (Å²) >= 11 is 0. The number of ether oxygens (including phenoxy) is 1. The maximum atomic E-state index is 13.3. The van der Waals surface area contributed by atoms with E-state index in [0.29, 0.717) is 11.3 Å². The molecule has 0 unspecified atom stereocenters. The highest BCUT2D eigenvalue weighted by Gasteiger charge is 2.19. The maximum Gasteiger partial charge on any atom is 0.311 e. The first kappa shape index (κ1) is 17.4. The van der Waals surface area contributed by atoms with Crippen LogP contribution < -0.4 is 10.1 Å². The van der Waals surface area contributed by atoms with Crippen LogP contribution in [0.5, 0.6) is 5.75 Å². The number of nitro groups is 1. The van der Waals surface area contributed by atoms with Gasteiger partial charge in [-0.1, -0.05) is 18.2 Å². The number of nitro benzene ring substituents is 1. The molecule has 7 nitrogen and oxygen atoms in total. The second-order valence-corrected chi connectivity index (χ2v) is 5.63. The number of amides is 1. The highest BCUT2D eigenvalue weighted by Crippen LogP contribution is 2.27. The van der Waals surface area contributed by atoms with Gasteiger partial charge in [-0.3, -0.25) is 14.9 Å². The molecule has 2 aromatic carbocycles. The fourth-order valence-electron chi connectivity index (χ4n) is 2.47. The zero-order chi connectivity index (χ0) is 18.7. The highest BCUT2D eigenvalue weighted by atomic mass is 19.1. The Kier molecular flexibility index (Phi) is 4.83. The van der Waals surface area contributed by atoms with Crippen LogP contribution in [0.1, 0.15) is 18.7 Å². The maximum absolute atomic E-state index is 13.3. The van der Waals surface area contributed by atoms with Crippen LogP contribution in [-0.4, -0.2) is 17.4 Å². The number of hydrogen-bond donors (Lipinski definition) is 1. The largest absolute Gasteiger partial charge is 0.477 e. The Balaban J connectivity index is 1.64. The Morgan fingerprint density at radius 2 is 2.08 bits per heavy atom. The number of rotatable bonds is 6. The summed E-state index contributed by atoms with van der Waals surface area (Å²) in [5.41, 5.74) is 0.291. The normalized spacial score (nSPS) is 11.9. The van der Waals surface area contributed by atoms with Crippen molar-refractivity contribution in [1.29, 1.82) is 0 Å². The molecule has 0 aliphatic carbocycles. The van der Waals surface area contributed by atoms with Crippen LogP contribution in [0.15, 0.2) is 52.9 Å². The molecule has 0 radical (unpaired) electrons. The van der Waals surface area contributed by atoms with Crippen LogP contribution in [0.2, 0.25) is 0 Å². The zero-order valence-electron chi connectivity index (χ0n) is 13.8. The molecule has 1 amide bonds. The average molecular weight is 358 g/mol. The Morgan fingerprint density at radius 1 is 1.31 bits per heavy atom.